The van der Waals surface area contributed by atoms with Crippen LogP contribution in [0.4, 0.5) is 5.69 Å². The van der Waals surface area contributed by atoms with Gasteiger partial charge in [-0.25, -0.2) is 4.98 Å². The fourth-order valence-corrected chi connectivity index (χ4v) is 3.94. The SMILES string of the molecule is COc1ccccc1NC(=S)N1CCC[C@H](c2nc3ccc(C)cc3[nH]2)C1. The van der Waals surface area contributed by atoms with Crippen molar-refractivity contribution in [3.8, 4) is 5.75 Å². The molecule has 1 aromatic heterocycles. The molecule has 4 rings (SSSR count). The van der Waals surface area contributed by atoms with E-state index in [0.29, 0.717) is 5.92 Å². The Kier molecular flexibility index (Phi) is 4.99. The lowest BCUT2D eigenvalue weighted by atomic mass is 9.98. The third kappa shape index (κ3) is 3.76. The molecule has 0 saturated carbocycles. The molecule has 6 heteroatoms. The Balaban J connectivity index is 1.49. The molecule has 3 aromatic rings. The van der Waals surface area contributed by atoms with Gasteiger partial charge in [-0.15, -0.1) is 0 Å². The Bertz CT molecular complexity index is 968. The van der Waals surface area contributed by atoms with Gasteiger partial charge in [0.2, 0.25) is 0 Å². The number of likely N-dealkylation sites (tertiary alicyclic amines) is 1. The van der Waals surface area contributed by atoms with E-state index in [1.165, 1.54) is 5.56 Å². The number of hydrogen-bond acceptors (Lipinski definition) is 3. The van der Waals surface area contributed by atoms with Crippen molar-refractivity contribution in [2.24, 2.45) is 0 Å². The molecule has 5 nitrogen and oxygen atoms in total. The first-order chi connectivity index (χ1) is 13.1. The van der Waals surface area contributed by atoms with Gasteiger partial charge < -0.3 is 19.9 Å². The maximum atomic E-state index is 5.68. The molecular formula is C21H24N4OS. The number of imidazole rings is 1. The number of anilines is 1. The Morgan fingerprint density at radius 1 is 1.30 bits per heavy atom. The number of thiocarbonyl (C=S) groups is 1. The normalized spacial score (nSPS) is 17.1. The number of piperidine rings is 1. The van der Waals surface area contributed by atoms with Crippen molar-refractivity contribution in [1.29, 1.82) is 0 Å². The number of aromatic amines is 1. The first-order valence-electron chi connectivity index (χ1n) is 9.29. The predicted octanol–water partition coefficient (Wildman–Crippen LogP) is 4.46. The highest BCUT2D eigenvalue weighted by molar-refractivity contribution is 7.80. The molecule has 27 heavy (non-hydrogen) atoms. The van der Waals surface area contributed by atoms with Crippen LogP contribution >= 0.6 is 12.2 Å². The topological polar surface area (TPSA) is 53.2 Å². The summed E-state index contributed by atoms with van der Waals surface area (Å²) in [4.78, 5) is 10.6. The van der Waals surface area contributed by atoms with Crippen LogP contribution in [0.1, 0.15) is 30.1 Å². The van der Waals surface area contributed by atoms with Crippen LogP contribution < -0.4 is 10.1 Å². The molecule has 140 valence electrons. The number of para-hydroxylation sites is 2. The Labute approximate surface area is 164 Å². The zero-order valence-electron chi connectivity index (χ0n) is 15.7. The minimum Gasteiger partial charge on any atom is -0.495 e. The van der Waals surface area contributed by atoms with E-state index in [9.17, 15) is 0 Å². The number of aromatic nitrogens is 2. The molecule has 1 aliphatic rings. The van der Waals surface area contributed by atoms with Gasteiger partial charge in [0.25, 0.3) is 0 Å². The molecule has 0 spiro atoms. The molecule has 2 N–H and O–H groups in total. The maximum Gasteiger partial charge on any atom is 0.173 e. The van der Waals surface area contributed by atoms with Gasteiger partial charge >= 0.3 is 0 Å². The average molecular weight is 381 g/mol. The van der Waals surface area contributed by atoms with E-state index in [0.717, 1.165) is 59.3 Å². The van der Waals surface area contributed by atoms with Gasteiger partial charge in [0.1, 0.15) is 11.6 Å². The van der Waals surface area contributed by atoms with Crippen LogP contribution in [0.3, 0.4) is 0 Å². The number of hydrogen-bond donors (Lipinski definition) is 2. The first-order valence-corrected chi connectivity index (χ1v) is 9.70. The highest BCUT2D eigenvalue weighted by atomic mass is 32.1. The summed E-state index contributed by atoms with van der Waals surface area (Å²) in [5.74, 6) is 2.20. The number of H-pyrrole nitrogens is 1. The van der Waals surface area contributed by atoms with Gasteiger partial charge in [-0.2, -0.15) is 0 Å². The van der Waals surface area contributed by atoms with Gasteiger partial charge in [-0.3, -0.25) is 0 Å². The van der Waals surface area contributed by atoms with Gasteiger partial charge in [-0.05, 0) is 61.8 Å². The van der Waals surface area contributed by atoms with Crippen LogP contribution in [-0.2, 0) is 0 Å². The second kappa shape index (κ2) is 7.56. The van der Waals surface area contributed by atoms with Gasteiger partial charge in [0.05, 0.1) is 23.8 Å². The van der Waals surface area contributed by atoms with Crippen molar-refractivity contribution >= 4 is 34.1 Å². The number of benzene rings is 2. The zero-order valence-corrected chi connectivity index (χ0v) is 16.5. The highest BCUT2D eigenvalue weighted by Crippen LogP contribution is 2.29. The molecule has 1 fully saturated rings. The Morgan fingerprint density at radius 3 is 3.00 bits per heavy atom. The summed E-state index contributed by atoms with van der Waals surface area (Å²) in [6.45, 7) is 3.92. The number of ether oxygens (including phenoxy) is 1. The maximum absolute atomic E-state index is 5.68. The molecule has 0 aliphatic carbocycles. The second-order valence-corrected chi connectivity index (χ2v) is 7.44. The molecule has 0 bridgehead atoms. The first kappa shape index (κ1) is 17.8. The quantitative estimate of drug-likeness (QED) is 0.657. The van der Waals surface area contributed by atoms with Crippen LogP contribution in [-0.4, -0.2) is 40.2 Å². The number of nitrogens with one attached hydrogen (secondary N) is 2. The van der Waals surface area contributed by atoms with Gasteiger partial charge in [-0.1, -0.05) is 18.2 Å². The van der Waals surface area contributed by atoms with E-state index in [4.69, 9.17) is 21.9 Å². The lowest BCUT2D eigenvalue weighted by molar-refractivity contribution is 0.306. The van der Waals surface area contributed by atoms with Crippen molar-refractivity contribution in [1.82, 2.24) is 14.9 Å². The monoisotopic (exact) mass is 380 g/mol. The van der Waals surface area contributed by atoms with Crippen molar-refractivity contribution in [3.63, 3.8) is 0 Å². The summed E-state index contributed by atoms with van der Waals surface area (Å²) in [5.41, 5.74) is 4.27. The van der Waals surface area contributed by atoms with E-state index in [-0.39, 0.29) is 0 Å². The lowest BCUT2D eigenvalue weighted by Gasteiger charge is -2.34. The molecule has 0 radical (unpaired) electrons. The van der Waals surface area contributed by atoms with Crippen molar-refractivity contribution in [2.45, 2.75) is 25.7 Å². The van der Waals surface area contributed by atoms with Crippen LogP contribution in [0.5, 0.6) is 5.75 Å². The van der Waals surface area contributed by atoms with Crippen molar-refractivity contribution in [2.75, 3.05) is 25.5 Å². The van der Waals surface area contributed by atoms with E-state index < -0.39 is 0 Å². The zero-order chi connectivity index (χ0) is 18.8. The fraction of sp³-hybridized carbons (Fsp3) is 0.333. The minimum absolute atomic E-state index is 0.351. The van der Waals surface area contributed by atoms with E-state index in [1.807, 2.05) is 24.3 Å². The number of fused-ring (bicyclic) bond motifs is 1. The summed E-state index contributed by atoms with van der Waals surface area (Å²) in [6.07, 6.45) is 2.21. The van der Waals surface area contributed by atoms with Crippen molar-refractivity contribution in [3.05, 3.63) is 53.9 Å². The van der Waals surface area contributed by atoms with Gasteiger partial charge in [0.15, 0.2) is 5.11 Å². The predicted molar refractivity (Wildman–Crippen MR) is 114 cm³/mol. The molecule has 1 saturated heterocycles. The molecule has 2 aromatic carbocycles. The van der Waals surface area contributed by atoms with Crippen LogP contribution in [0, 0.1) is 6.92 Å². The molecular weight excluding hydrogens is 356 g/mol. The van der Waals surface area contributed by atoms with Crippen molar-refractivity contribution < 1.29 is 4.74 Å². The highest BCUT2D eigenvalue weighted by Gasteiger charge is 2.25. The van der Waals surface area contributed by atoms with E-state index in [1.54, 1.807) is 7.11 Å². The molecule has 1 atom stereocenters. The Morgan fingerprint density at radius 2 is 2.15 bits per heavy atom. The standard InChI is InChI=1S/C21H24N4OS/c1-14-9-10-16-18(12-14)23-20(22-16)15-6-5-11-25(13-15)21(27)24-17-7-3-4-8-19(17)26-2/h3-4,7-10,12,15H,5-6,11,13H2,1-2H3,(H,22,23)(H,24,27)/t15-/m0/s1. The minimum atomic E-state index is 0.351. The summed E-state index contributed by atoms with van der Waals surface area (Å²) in [6, 6.07) is 14.2. The van der Waals surface area contributed by atoms with Gasteiger partial charge in [0, 0.05) is 19.0 Å². The summed E-state index contributed by atoms with van der Waals surface area (Å²) in [7, 11) is 1.67. The van der Waals surface area contributed by atoms with E-state index >= 15 is 0 Å². The molecule has 1 aliphatic heterocycles. The van der Waals surface area contributed by atoms with Crippen LogP contribution in [0.25, 0.3) is 11.0 Å². The number of nitrogens with zero attached hydrogens (tertiary/aromatic N) is 2. The van der Waals surface area contributed by atoms with Crippen LogP contribution in [0.2, 0.25) is 0 Å². The number of aryl methyl sites for hydroxylation is 1. The van der Waals surface area contributed by atoms with Crippen LogP contribution in [0.15, 0.2) is 42.5 Å². The molecule has 0 amide bonds. The fourth-order valence-electron chi connectivity index (χ4n) is 3.66. The molecule has 0 unspecified atom stereocenters. The largest absolute Gasteiger partial charge is 0.495 e. The molecule has 2 heterocycles. The summed E-state index contributed by atoms with van der Waals surface area (Å²) >= 11 is 5.68. The smallest absolute Gasteiger partial charge is 0.173 e. The van der Waals surface area contributed by atoms with E-state index in [2.05, 4.69) is 40.3 Å². The summed E-state index contributed by atoms with van der Waals surface area (Å²) in [5, 5.41) is 4.07. The number of rotatable bonds is 3. The average Bonchev–Trinajstić information content (AvgIpc) is 3.11. The third-order valence-corrected chi connectivity index (χ3v) is 5.46. The number of methoxy groups -OCH3 is 1. The lowest BCUT2D eigenvalue weighted by Crippen LogP contribution is -2.41. The summed E-state index contributed by atoms with van der Waals surface area (Å²) < 4.78 is 5.41. The Hall–Kier alpha value is -2.60. The second-order valence-electron chi connectivity index (χ2n) is 7.06. The third-order valence-electron chi connectivity index (χ3n) is 5.10.